The lowest BCUT2D eigenvalue weighted by atomic mass is 9.89. The summed E-state index contributed by atoms with van der Waals surface area (Å²) in [6, 6.07) is 13.5. The molecule has 5 atom stereocenters. The number of ether oxygens (including phenoxy) is 4. The van der Waals surface area contributed by atoms with Gasteiger partial charge in [0, 0.05) is 0 Å². The molecule has 2 saturated heterocycles. The van der Waals surface area contributed by atoms with Crippen LogP contribution in [0.25, 0.3) is 0 Å². The Balaban J connectivity index is 1.56. The summed E-state index contributed by atoms with van der Waals surface area (Å²) in [5.74, 6) is -0.709. The number of fused-ring (bicyclic) bond motifs is 1. The van der Waals surface area contributed by atoms with E-state index in [-0.39, 0.29) is 29.3 Å². The van der Waals surface area contributed by atoms with Gasteiger partial charge in [-0.25, -0.2) is 0 Å². The van der Waals surface area contributed by atoms with Crippen LogP contribution >= 0.6 is 0 Å². The summed E-state index contributed by atoms with van der Waals surface area (Å²) >= 11 is 0. The van der Waals surface area contributed by atoms with Crippen LogP contribution in [0.4, 0.5) is 0 Å². The molecule has 4 rings (SSSR count). The second-order valence-electron chi connectivity index (χ2n) is 12.1. The standard InChI is InChI=1S/C31H44O8S/c1-18(2)22-14-23(19(3)4)29(24(15-22)20(5)6)40(33,34)36-17-25(32)26-27(35-16-21-12-10-9-11-13-21)28-30(37-26)39-31(7,8)38-28/h9-15,18-20,25-28,30,32H,16-17H2,1-8H3/t25-,26-,27+,28-,30-/m1/s1. The summed E-state index contributed by atoms with van der Waals surface area (Å²) in [7, 11) is -4.21. The quantitative estimate of drug-likeness (QED) is 0.346. The molecule has 9 heteroatoms. The normalized spacial score (nSPS) is 25.2. The highest BCUT2D eigenvalue weighted by Crippen LogP contribution is 2.41. The molecule has 0 spiro atoms. The van der Waals surface area contributed by atoms with E-state index in [0.29, 0.717) is 11.1 Å². The first-order valence-electron chi connectivity index (χ1n) is 14.1. The molecule has 2 aliphatic heterocycles. The maximum Gasteiger partial charge on any atom is 0.297 e. The van der Waals surface area contributed by atoms with Crippen molar-refractivity contribution < 1.29 is 36.7 Å². The van der Waals surface area contributed by atoms with Gasteiger partial charge >= 0.3 is 0 Å². The lowest BCUT2D eigenvalue weighted by Gasteiger charge is -2.29. The molecule has 1 N–H and O–H groups in total. The fraction of sp³-hybridized carbons (Fsp3) is 0.613. The first-order valence-corrected chi connectivity index (χ1v) is 15.5. The Morgan fingerprint density at radius 3 is 2.08 bits per heavy atom. The molecule has 0 saturated carbocycles. The molecule has 2 aromatic carbocycles. The molecular formula is C31H44O8S. The van der Waals surface area contributed by atoms with Crippen molar-refractivity contribution in [2.24, 2.45) is 0 Å². The van der Waals surface area contributed by atoms with Crippen LogP contribution in [0.1, 0.15) is 95.4 Å². The molecule has 40 heavy (non-hydrogen) atoms. The maximum atomic E-state index is 13.7. The van der Waals surface area contributed by atoms with Gasteiger partial charge in [-0.3, -0.25) is 4.18 Å². The van der Waals surface area contributed by atoms with Gasteiger partial charge in [0.2, 0.25) is 0 Å². The zero-order valence-corrected chi connectivity index (χ0v) is 25.6. The van der Waals surface area contributed by atoms with Crippen LogP contribution in [-0.4, -0.2) is 56.6 Å². The van der Waals surface area contributed by atoms with E-state index in [1.165, 1.54) is 0 Å². The predicted octanol–water partition coefficient (Wildman–Crippen LogP) is 5.58. The molecule has 0 unspecified atom stereocenters. The topological polar surface area (TPSA) is 101 Å². The van der Waals surface area contributed by atoms with Crippen molar-refractivity contribution in [3.63, 3.8) is 0 Å². The molecule has 2 heterocycles. The molecule has 0 aromatic heterocycles. The lowest BCUT2D eigenvalue weighted by Crippen LogP contribution is -2.44. The monoisotopic (exact) mass is 576 g/mol. The molecule has 0 bridgehead atoms. The van der Waals surface area contributed by atoms with Gasteiger partial charge in [-0.15, -0.1) is 0 Å². The van der Waals surface area contributed by atoms with Crippen LogP contribution in [0.2, 0.25) is 0 Å². The van der Waals surface area contributed by atoms with E-state index in [0.717, 1.165) is 11.1 Å². The van der Waals surface area contributed by atoms with E-state index in [1.54, 1.807) is 13.8 Å². The number of benzene rings is 2. The Morgan fingerprint density at radius 1 is 0.925 bits per heavy atom. The third kappa shape index (κ3) is 6.78. The van der Waals surface area contributed by atoms with E-state index < -0.39 is 53.2 Å². The van der Waals surface area contributed by atoms with Crippen LogP contribution in [0.15, 0.2) is 47.4 Å². The van der Waals surface area contributed by atoms with Crippen LogP contribution in [-0.2, 0) is 39.9 Å². The zero-order valence-electron chi connectivity index (χ0n) is 24.8. The second-order valence-corrected chi connectivity index (χ2v) is 13.7. The summed E-state index contributed by atoms with van der Waals surface area (Å²) in [4.78, 5) is 0.184. The average molecular weight is 577 g/mol. The summed E-state index contributed by atoms with van der Waals surface area (Å²) in [5.41, 5.74) is 3.45. The van der Waals surface area contributed by atoms with Gasteiger partial charge in [-0.05, 0) is 53.9 Å². The van der Waals surface area contributed by atoms with E-state index in [2.05, 4.69) is 13.8 Å². The van der Waals surface area contributed by atoms with Crippen LogP contribution in [0.5, 0.6) is 0 Å². The van der Waals surface area contributed by atoms with E-state index in [4.69, 9.17) is 23.1 Å². The van der Waals surface area contributed by atoms with Crippen LogP contribution < -0.4 is 0 Å². The van der Waals surface area contributed by atoms with Crippen LogP contribution in [0.3, 0.4) is 0 Å². The number of aliphatic hydroxyl groups excluding tert-OH is 1. The summed E-state index contributed by atoms with van der Waals surface area (Å²) < 4.78 is 57.1. The molecule has 222 valence electrons. The van der Waals surface area contributed by atoms with Crippen molar-refractivity contribution in [1.29, 1.82) is 0 Å². The Kier molecular flexibility index (Phi) is 9.46. The largest absolute Gasteiger partial charge is 0.388 e. The van der Waals surface area contributed by atoms with Gasteiger partial charge in [-0.2, -0.15) is 8.42 Å². The molecule has 0 aliphatic carbocycles. The molecule has 2 aromatic rings. The minimum atomic E-state index is -4.21. The highest BCUT2D eigenvalue weighted by Gasteiger charge is 2.57. The Bertz CT molecular complexity index is 1230. The smallest absolute Gasteiger partial charge is 0.297 e. The molecule has 0 radical (unpaired) electrons. The maximum absolute atomic E-state index is 13.7. The van der Waals surface area contributed by atoms with Gasteiger partial charge in [0.1, 0.15) is 29.3 Å². The van der Waals surface area contributed by atoms with E-state index >= 15 is 0 Å². The van der Waals surface area contributed by atoms with Crippen molar-refractivity contribution in [1.82, 2.24) is 0 Å². The fourth-order valence-electron chi connectivity index (χ4n) is 5.26. The highest BCUT2D eigenvalue weighted by atomic mass is 32.2. The average Bonchev–Trinajstić information content (AvgIpc) is 3.37. The van der Waals surface area contributed by atoms with Gasteiger partial charge in [0.15, 0.2) is 12.1 Å². The van der Waals surface area contributed by atoms with E-state index in [1.807, 2.05) is 70.2 Å². The number of aliphatic hydroxyl groups is 1. The first kappa shape index (κ1) is 31.1. The first-order chi connectivity index (χ1) is 18.7. The Hall–Kier alpha value is -1.85. The summed E-state index contributed by atoms with van der Waals surface area (Å²) in [6.07, 6.45) is -4.26. The minimum Gasteiger partial charge on any atom is -0.388 e. The second kappa shape index (κ2) is 12.2. The number of hydrogen-bond donors (Lipinski definition) is 1. The third-order valence-corrected chi connectivity index (χ3v) is 8.83. The Morgan fingerprint density at radius 2 is 1.52 bits per heavy atom. The van der Waals surface area contributed by atoms with Crippen molar-refractivity contribution in [2.75, 3.05) is 6.61 Å². The zero-order chi connectivity index (χ0) is 29.4. The minimum absolute atomic E-state index is 0.0412. The molecule has 0 amide bonds. The third-order valence-electron chi connectivity index (χ3n) is 7.41. The van der Waals surface area contributed by atoms with Crippen molar-refractivity contribution in [3.8, 4) is 0 Å². The van der Waals surface area contributed by atoms with E-state index in [9.17, 15) is 13.5 Å². The lowest BCUT2D eigenvalue weighted by molar-refractivity contribution is -0.231. The summed E-state index contributed by atoms with van der Waals surface area (Å²) in [5, 5.41) is 11.2. The van der Waals surface area contributed by atoms with Gasteiger partial charge in [0.25, 0.3) is 10.1 Å². The summed E-state index contributed by atoms with van der Waals surface area (Å²) in [6.45, 7) is 15.4. The van der Waals surface area contributed by atoms with Gasteiger partial charge < -0.3 is 24.1 Å². The predicted molar refractivity (Wildman–Crippen MR) is 152 cm³/mol. The Labute approximate surface area is 239 Å². The van der Waals surface area contributed by atoms with Crippen molar-refractivity contribution in [2.45, 2.75) is 121 Å². The molecular weight excluding hydrogens is 532 g/mol. The number of rotatable bonds is 11. The molecule has 2 fully saturated rings. The van der Waals surface area contributed by atoms with Gasteiger partial charge in [-0.1, -0.05) is 84.0 Å². The molecule has 2 aliphatic rings. The fourth-order valence-corrected chi connectivity index (χ4v) is 6.86. The van der Waals surface area contributed by atoms with Crippen molar-refractivity contribution >= 4 is 10.1 Å². The number of hydrogen-bond acceptors (Lipinski definition) is 8. The van der Waals surface area contributed by atoms with Crippen molar-refractivity contribution in [3.05, 3.63) is 64.7 Å². The van der Waals surface area contributed by atoms with Crippen LogP contribution in [0, 0.1) is 0 Å². The molecule has 8 nitrogen and oxygen atoms in total. The van der Waals surface area contributed by atoms with Gasteiger partial charge in [0.05, 0.1) is 13.2 Å². The highest BCUT2D eigenvalue weighted by molar-refractivity contribution is 7.86. The SMILES string of the molecule is CC(C)c1cc(C(C)C)c(S(=O)(=O)OC[C@@H](O)[C@H]2O[C@@H]3OC(C)(C)O[C@@H]3[C@H]2OCc2ccccc2)c(C(C)C)c1.